The summed E-state index contributed by atoms with van der Waals surface area (Å²) >= 11 is 0. The van der Waals surface area contributed by atoms with Crippen LogP contribution in [0.5, 0.6) is 5.75 Å². The first-order chi connectivity index (χ1) is 16.0. The lowest BCUT2D eigenvalue weighted by atomic mass is 10.1. The number of ether oxygens (including phenoxy) is 1. The number of methoxy groups -OCH3 is 1. The van der Waals surface area contributed by atoms with Crippen molar-refractivity contribution in [2.75, 3.05) is 30.8 Å². The number of hydrogen-bond acceptors (Lipinski definition) is 5. The van der Waals surface area contributed by atoms with E-state index in [4.69, 9.17) is 4.74 Å². The maximum atomic E-state index is 13.6. The van der Waals surface area contributed by atoms with Crippen molar-refractivity contribution >= 4 is 27.5 Å². The normalized spacial score (nSPS) is 12.1. The molecule has 8 nitrogen and oxygen atoms in total. The van der Waals surface area contributed by atoms with Gasteiger partial charge in [-0.2, -0.15) is 0 Å². The molecule has 0 bridgehead atoms. The molecule has 1 unspecified atom stereocenters. The van der Waals surface area contributed by atoms with Crippen molar-refractivity contribution in [3.05, 3.63) is 59.2 Å². The summed E-state index contributed by atoms with van der Waals surface area (Å²) in [7, 11) is -2.19. The van der Waals surface area contributed by atoms with E-state index >= 15 is 0 Å². The molecule has 34 heavy (non-hydrogen) atoms. The zero-order valence-corrected chi connectivity index (χ0v) is 21.6. The van der Waals surface area contributed by atoms with E-state index in [1.165, 1.54) is 4.90 Å². The van der Waals surface area contributed by atoms with Crippen molar-refractivity contribution in [2.45, 2.75) is 46.7 Å². The van der Waals surface area contributed by atoms with Crippen molar-refractivity contribution in [2.24, 2.45) is 0 Å². The second kappa shape index (κ2) is 11.9. The van der Waals surface area contributed by atoms with Crippen LogP contribution in [0.1, 0.15) is 37.0 Å². The molecule has 2 rings (SSSR count). The summed E-state index contributed by atoms with van der Waals surface area (Å²) in [6, 6.07) is 11.8. The smallest absolute Gasteiger partial charge is 0.244 e. The van der Waals surface area contributed by atoms with Crippen molar-refractivity contribution in [3.8, 4) is 5.75 Å². The Kier molecular flexibility index (Phi) is 9.49. The molecule has 9 heteroatoms. The molecule has 0 aromatic heterocycles. The van der Waals surface area contributed by atoms with Crippen LogP contribution in [0.4, 0.5) is 5.69 Å². The SMILES string of the molecule is CCNC(=O)C(CC)N(Cc1ccc(OC)cc1)C(=O)CN(c1cccc(C)c1C)S(C)(=O)=O. The van der Waals surface area contributed by atoms with Gasteiger partial charge < -0.3 is 15.0 Å². The average Bonchev–Trinajstić information content (AvgIpc) is 2.79. The number of nitrogens with zero attached hydrogens (tertiary/aromatic N) is 2. The van der Waals surface area contributed by atoms with Crippen LogP contribution in [0.15, 0.2) is 42.5 Å². The van der Waals surface area contributed by atoms with Crippen molar-refractivity contribution in [1.29, 1.82) is 0 Å². The standard InChI is InChI=1S/C25H35N3O5S/c1-7-22(25(30)26-8-2)27(16-20-12-14-21(33-5)15-13-20)24(29)17-28(34(6,31)32)23-11-9-10-18(3)19(23)4/h9-15,22H,7-8,16-17H2,1-6H3,(H,26,30). The fourth-order valence-corrected chi connectivity index (χ4v) is 4.64. The second-order valence-corrected chi connectivity index (χ2v) is 10.1. The second-order valence-electron chi connectivity index (χ2n) is 8.18. The predicted octanol–water partition coefficient (Wildman–Crippen LogP) is 3.02. The van der Waals surface area contributed by atoms with E-state index in [0.717, 1.165) is 27.3 Å². The lowest BCUT2D eigenvalue weighted by Crippen LogP contribution is -2.52. The van der Waals surface area contributed by atoms with Gasteiger partial charge in [0.15, 0.2) is 0 Å². The highest BCUT2D eigenvalue weighted by Gasteiger charge is 2.32. The summed E-state index contributed by atoms with van der Waals surface area (Å²) in [5.74, 6) is -0.0553. The van der Waals surface area contributed by atoms with Gasteiger partial charge in [0, 0.05) is 13.1 Å². The van der Waals surface area contributed by atoms with Crippen LogP contribution >= 0.6 is 0 Å². The summed E-state index contributed by atoms with van der Waals surface area (Å²) < 4.78 is 31.8. The lowest BCUT2D eigenvalue weighted by Gasteiger charge is -2.33. The van der Waals surface area contributed by atoms with E-state index < -0.39 is 28.5 Å². The molecular formula is C25H35N3O5S. The number of anilines is 1. The van der Waals surface area contributed by atoms with E-state index in [9.17, 15) is 18.0 Å². The van der Waals surface area contributed by atoms with Gasteiger partial charge in [-0.05, 0) is 62.1 Å². The molecule has 1 N–H and O–H groups in total. The van der Waals surface area contributed by atoms with Crippen molar-refractivity contribution in [1.82, 2.24) is 10.2 Å². The maximum Gasteiger partial charge on any atom is 0.244 e. The van der Waals surface area contributed by atoms with Crippen LogP contribution in [-0.4, -0.2) is 57.6 Å². The van der Waals surface area contributed by atoms with Crippen molar-refractivity contribution < 1.29 is 22.7 Å². The minimum absolute atomic E-state index is 0.156. The molecule has 2 amide bonds. The molecule has 2 aromatic rings. The molecule has 0 radical (unpaired) electrons. The summed E-state index contributed by atoms with van der Waals surface area (Å²) in [4.78, 5) is 27.9. The van der Waals surface area contributed by atoms with Gasteiger partial charge in [0.05, 0.1) is 19.1 Å². The van der Waals surface area contributed by atoms with Gasteiger partial charge in [-0.15, -0.1) is 0 Å². The first-order valence-electron chi connectivity index (χ1n) is 11.3. The fourth-order valence-electron chi connectivity index (χ4n) is 3.74. The number of amides is 2. The van der Waals surface area contributed by atoms with Gasteiger partial charge in [0.1, 0.15) is 18.3 Å². The molecule has 0 aliphatic rings. The van der Waals surface area contributed by atoms with E-state index in [1.54, 1.807) is 31.4 Å². The highest BCUT2D eigenvalue weighted by Crippen LogP contribution is 2.26. The zero-order chi connectivity index (χ0) is 25.5. The topological polar surface area (TPSA) is 96.0 Å². The minimum atomic E-state index is -3.76. The lowest BCUT2D eigenvalue weighted by molar-refractivity contribution is -0.140. The highest BCUT2D eigenvalue weighted by molar-refractivity contribution is 7.92. The van der Waals surface area contributed by atoms with E-state index in [1.807, 2.05) is 45.9 Å². The Balaban J connectivity index is 2.46. The number of benzene rings is 2. The molecule has 186 valence electrons. The Morgan fingerprint density at radius 3 is 2.24 bits per heavy atom. The summed E-state index contributed by atoms with van der Waals surface area (Å²) in [6.45, 7) is 7.53. The molecule has 0 aliphatic carbocycles. The van der Waals surface area contributed by atoms with Gasteiger partial charge in [0.25, 0.3) is 0 Å². The number of rotatable bonds is 11. The maximum absolute atomic E-state index is 13.6. The number of sulfonamides is 1. The Hall–Kier alpha value is -3.07. The van der Waals surface area contributed by atoms with Crippen LogP contribution in [-0.2, 0) is 26.2 Å². The molecule has 0 saturated carbocycles. The molecule has 0 spiro atoms. The number of aryl methyl sites for hydroxylation is 1. The number of nitrogens with one attached hydrogen (secondary N) is 1. The quantitative estimate of drug-likeness (QED) is 0.523. The Bertz CT molecular complexity index is 1100. The van der Waals surface area contributed by atoms with Crippen molar-refractivity contribution in [3.63, 3.8) is 0 Å². The van der Waals surface area contributed by atoms with Gasteiger partial charge in [-0.25, -0.2) is 8.42 Å². The molecule has 0 fully saturated rings. The zero-order valence-electron chi connectivity index (χ0n) is 20.8. The van der Waals surface area contributed by atoms with Gasteiger partial charge in [-0.3, -0.25) is 13.9 Å². The molecule has 0 saturated heterocycles. The molecule has 0 heterocycles. The molecule has 0 aliphatic heterocycles. The Morgan fingerprint density at radius 2 is 1.71 bits per heavy atom. The minimum Gasteiger partial charge on any atom is -0.497 e. The van der Waals surface area contributed by atoms with Gasteiger partial charge >= 0.3 is 0 Å². The molecule has 2 aromatic carbocycles. The molecule has 1 atom stereocenters. The molecular weight excluding hydrogens is 454 g/mol. The summed E-state index contributed by atoms with van der Waals surface area (Å²) in [6.07, 6.45) is 1.47. The number of likely N-dealkylation sites (N-methyl/N-ethyl adjacent to an activating group) is 1. The Labute approximate surface area is 202 Å². The largest absolute Gasteiger partial charge is 0.497 e. The third-order valence-corrected chi connectivity index (χ3v) is 6.90. The number of hydrogen-bond donors (Lipinski definition) is 1. The average molecular weight is 490 g/mol. The number of carbonyl (C=O) groups is 2. The third kappa shape index (κ3) is 6.72. The summed E-state index contributed by atoms with van der Waals surface area (Å²) in [5.41, 5.74) is 2.95. The fraction of sp³-hybridized carbons (Fsp3) is 0.440. The van der Waals surface area contributed by atoms with Crippen LogP contribution in [0.3, 0.4) is 0 Å². The van der Waals surface area contributed by atoms with Gasteiger partial charge in [-0.1, -0.05) is 31.2 Å². The monoisotopic (exact) mass is 489 g/mol. The third-order valence-electron chi connectivity index (χ3n) is 5.77. The number of carbonyl (C=O) groups excluding carboxylic acids is 2. The Morgan fingerprint density at radius 1 is 1.06 bits per heavy atom. The van der Waals surface area contributed by atoms with Crippen LogP contribution < -0.4 is 14.4 Å². The van der Waals surface area contributed by atoms with Gasteiger partial charge in [0.2, 0.25) is 21.8 Å². The first kappa shape index (κ1) is 27.2. The first-order valence-corrected chi connectivity index (χ1v) is 13.1. The van der Waals surface area contributed by atoms with E-state index in [2.05, 4.69) is 5.32 Å². The highest BCUT2D eigenvalue weighted by atomic mass is 32.2. The van der Waals surface area contributed by atoms with E-state index in [-0.39, 0.29) is 12.5 Å². The van der Waals surface area contributed by atoms with Crippen LogP contribution in [0, 0.1) is 13.8 Å². The van der Waals surface area contributed by atoms with Crippen LogP contribution in [0.2, 0.25) is 0 Å². The van der Waals surface area contributed by atoms with Crippen LogP contribution in [0.25, 0.3) is 0 Å². The predicted molar refractivity (Wildman–Crippen MR) is 134 cm³/mol. The van der Waals surface area contributed by atoms with E-state index in [0.29, 0.717) is 24.4 Å². The summed E-state index contributed by atoms with van der Waals surface area (Å²) in [5, 5.41) is 2.78.